The van der Waals surface area contributed by atoms with Crippen LogP contribution >= 0.6 is 21.6 Å². The topological polar surface area (TPSA) is 440 Å². The molecule has 2 saturated heterocycles. The molecule has 17 N–H and O–H groups in total. The molecule has 2 aromatic carbocycles. The number of guanidine groups is 1. The number of carboxylic acids is 1. The lowest BCUT2D eigenvalue weighted by Crippen LogP contribution is -2.61. The molecule has 0 saturated carbocycles. The zero-order chi connectivity index (χ0) is 59.3. The summed E-state index contributed by atoms with van der Waals surface area (Å²) in [5.41, 5.74) is 13.6. The molecule has 82 heavy (non-hydrogen) atoms. The smallest absolute Gasteiger partial charge is 0.325 e. The highest BCUT2D eigenvalue weighted by Gasteiger charge is 2.40. The number of hydrogen-bond donors (Lipinski definition) is 15. The van der Waals surface area contributed by atoms with Gasteiger partial charge in [-0.1, -0.05) is 89.9 Å². The molecule has 8 atom stereocenters. The molecule has 0 radical (unpaired) electrons. The van der Waals surface area contributed by atoms with E-state index in [9.17, 15) is 57.8 Å². The highest BCUT2D eigenvalue weighted by Crippen LogP contribution is 2.24. The minimum absolute atomic E-state index is 0.0856. The molecule has 6 rings (SSSR count). The summed E-state index contributed by atoms with van der Waals surface area (Å²) in [6, 6.07) is 3.39. The predicted octanol–water partition coefficient (Wildman–Crippen LogP) is -1.57. The van der Waals surface area contributed by atoms with Gasteiger partial charge in [0, 0.05) is 72.7 Å². The van der Waals surface area contributed by atoms with E-state index in [1.807, 2.05) is 13.0 Å². The van der Waals surface area contributed by atoms with Crippen molar-refractivity contribution in [2.75, 3.05) is 24.6 Å². The fourth-order valence-corrected chi connectivity index (χ4v) is 11.2. The largest absolute Gasteiger partial charge is 0.481 e. The van der Waals surface area contributed by atoms with Gasteiger partial charge in [-0.25, -0.2) is 9.78 Å². The second-order valence-corrected chi connectivity index (χ2v) is 22.0. The normalized spacial score (nSPS) is 22.8. The number of nitrogens with two attached hydrogens (primary N) is 2. The summed E-state index contributed by atoms with van der Waals surface area (Å²) in [5, 5.41) is 41.6. The molecule has 0 aliphatic carbocycles. The minimum Gasteiger partial charge on any atom is -0.481 e. The van der Waals surface area contributed by atoms with E-state index >= 15 is 0 Å². The van der Waals surface area contributed by atoms with Crippen LogP contribution in [0.2, 0.25) is 0 Å². The number of carboxylic acid groups (broad SMARTS) is 1. The summed E-state index contributed by atoms with van der Waals surface area (Å²) >= 11 is 0. The number of carbonyl (C=O) groups is 11. The molecule has 0 spiro atoms. The number of nitrogens with zero attached hydrogens (tertiary/aromatic N) is 2. The van der Waals surface area contributed by atoms with E-state index in [4.69, 9.17) is 16.9 Å². The Labute approximate surface area is 478 Å². The molecule has 2 aromatic heterocycles. The van der Waals surface area contributed by atoms with E-state index in [-0.39, 0.29) is 56.1 Å². The number of H-pyrrole nitrogens is 2. The molecule has 30 heteroatoms. The van der Waals surface area contributed by atoms with Crippen LogP contribution < -0.4 is 59.3 Å². The van der Waals surface area contributed by atoms with Crippen LogP contribution in [0.5, 0.6) is 0 Å². The van der Waals surface area contributed by atoms with Crippen LogP contribution in [0, 0.1) is 5.41 Å². The number of primary amides is 1. The van der Waals surface area contributed by atoms with Crippen molar-refractivity contribution < 1.29 is 57.8 Å². The molecule has 4 aromatic rings. The highest BCUT2D eigenvalue weighted by molar-refractivity contribution is 8.76. The zero-order valence-corrected chi connectivity index (χ0v) is 46.4. The molecule has 2 aliphatic heterocycles. The summed E-state index contributed by atoms with van der Waals surface area (Å²) in [5.74, 6) is -10.6. The summed E-state index contributed by atoms with van der Waals surface area (Å²) in [6.45, 7) is 1.17. The van der Waals surface area contributed by atoms with Gasteiger partial charge in [0.15, 0.2) is 5.96 Å². The van der Waals surface area contributed by atoms with Crippen molar-refractivity contribution in [3.63, 3.8) is 0 Å². The number of aromatic amines is 2. The maximum atomic E-state index is 14.7. The molecule has 0 bridgehead atoms. The molecule has 440 valence electrons. The van der Waals surface area contributed by atoms with Crippen LogP contribution in [-0.2, 0) is 67.2 Å². The van der Waals surface area contributed by atoms with Gasteiger partial charge in [0.2, 0.25) is 47.3 Å². The quantitative estimate of drug-likeness (QED) is 0.0156. The van der Waals surface area contributed by atoms with Gasteiger partial charge >= 0.3 is 12.0 Å². The summed E-state index contributed by atoms with van der Waals surface area (Å²) < 4.78 is 0. The van der Waals surface area contributed by atoms with E-state index in [0.717, 1.165) is 28.0 Å². The van der Waals surface area contributed by atoms with Gasteiger partial charge in [0.05, 0.1) is 6.33 Å². The average Bonchev–Trinajstić information content (AvgIpc) is 4.30. The summed E-state index contributed by atoms with van der Waals surface area (Å²) in [7, 11) is 1.83. The molecule has 0 unspecified atom stereocenters. The van der Waals surface area contributed by atoms with Gasteiger partial charge in [-0.15, -0.1) is 0 Å². The Morgan fingerprint density at radius 1 is 0.695 bits per heavy atom. The van der Waals surface area contributed by atoms with Gasteiger partial charge in [0.1, 0.15) is 54.9 Å². The van der Waals surface area contributed by atoms with Crippen LogP contribution in [0.3, 0.4) is 0 Å². The second-order valence-electron chi connectivity index (χ2n) is 19.5. The zero-order valence-electron chi connectivity index (χ0n) is 44.8. The van der Waals surface area contributed by atoms with Crippen molar-refractivity contribution in [3.05, 3.63) is 90.1 Å². The third kappa shape index (κ3) is 18.7. The van der Waals surface area contributed by atoms with Crippen molar-refractivity contribution >= 4 is 104 Å². The summed E-state index contributed by atoms with van der Waals surface area (Å²) in [6.07, 6.45) is 4.22. The Balaban J connectivity index is 1.39. The van der Waals surface area contributed by atoms with Crippen LogP contribution in [0.4, 0.5) is 4.79 Å². The number of unbranched alkanes of at least 4 members (excludes halogenated alkanes) is 1. The first-order valence-electron chi connectivity index (χ1n) is 26.4. The average molecular weight is 1170 g/mol. The second kappa shape index (κ2) is 30.8. The lowest BCUT2D eigenvalue weighted by Gasteiger charge is -2.28. The highest BCUT2D eigenvalue weighted by atomic mass is 33.1. The third-order valence-electron chi connectivity index (χ3n) is 13.3. The Morgan fingerprint density at radius 2 is 1.29 bits per heavy atom. The van der Waals surface area contributed by atoms with E-state index in [1.165, 1.54) is 12.5 Å². The number of para-hydroxylation sites is 1. The molecule has 11 amide bonds. The van der Waals surface area contributed by atoms with Gasteiger partial charge in [-0.2, -0.15) is 0 Å². The number of urea groups is 1. The maximum absolute atomic E-state index is 14.7. The molecule has 2 aliphatic rings. The molecular formula is C52H68N16O12S2. The number of nitrogens with one attached hydrogen (secondary N) is 12. The number of fused-ring (bicyclic) bond motifs is 1. The lowest BCUT2D eigenvalue weighted by atomic mass is 10.0. The Morgan fingerprint density at radius 3 is 1.95 bits per heavy atom. The van der Waals surface area contributed by atoms with Crippen molar-refractivity contribution in [3.8, 4) is 0 Å². The fraction of sp³-hybridized carbons (Fsp3) is 0.442. The van der Waals surface area contributed by atoms with Crippen molar-refractivity contribution in [2.24, 2.45) is 11.5 Å². The minimum atomic E-state index is -1.70. The van der Waals surface area contributed by atoms with E-state index in [0.29, 0.717) is 45.5 Å². The van der Waals surface area contributed by atoms with Gasteiger partial charge in [-0.05, 0) is 42.9 Å². The number of benzene rings is 2. The van der Waals surface area contributed by atoms with Crippen molar-refractivity contribution in [1.29, 1.82) is 5.41 Å². The summed E-state index contributed by atoms with van der Waals surface area (Å²) in [4.78, 5) is 163. The molecule has 4 heterocycles. The van der Waals surface area contributed by atoms with Crippen molar-refractivity contribution in [2.45, 2.75) is 119 Å². The van der Waals surface area contributed by atoms with Gasteiger partial charge < -0.3 is 74.4 Å². The number of carbonyl (C=O) groups excluding carboxylic acids is 10. The van der Waals surface area contributed by atoms with Crippen LogP contribution in [0.25, 0.3) is 10.9 Å². The first-order valence-corrected chi connectivity index (χ1v) is 28.9. The fourth-order valence-electron chi connectivity index (χ4n) is 8.91. The number of amides is 11. The first kappa shape index (κ1) is 62.5. The standard InChI is InChI=1S/C52H68N16O12S2/c1-2-3-13-35-50(79)68(52(80)67-35)24-41(69)60-40-26-82-81-25-39(43(53)72)66-47(76)37(20-29-22-58-32-14-8-7-12-31(29)32)64-44(73)33(15-9-18-57-51(54)55)61-46(75)36(19-28-10-5-4-6-11-28)63-48(77)38(21-30-23-56-27-59-30)65-45(74)34(62-49(40)78)16-17-42(70)71/h4-8,10-12,14,22-23,27,33-40,58H,2-3,9,13,15-21,24-26H2,1H3,(H2,53,72)(H,56,59)(H,60,69)(H,61,75)(H,62,78)(H,63,77)(H,64,73)(H,65,74)(H,66,76)(H,67,80)(H,70,71)(H4,54,55,57)/t33-,34-,35-,36+,37-,38-,39-,40-/m0/s1. The number of hydrogen-bond acceptors (Lipinski definition) is 15. The van der Waals surface area contributed by atoms with E-state index in [2.05, 4.69) is 62.8 Å². The van der Waals surface area contributed by atoms with Crippen LogP contribution in [0.1, 0.15) is 68.7 Å². The third-order valence-corrected chi connectivity index (χ3v) is 15.7. The molecule has 2 fully saturated rings. The first-order chi connectivity index (χ1) is 39.3. The number of aliphatic carboxylic acids is 1. The Bertz CT molecular complexity index is 2950. The van der Waals surface area contributed by atoms with Gasteiger partial charge in [0.25, 0.3) is 5.91 Å². The van der Waals surface area contributed by atoms with E-state index < -0.39 is 133 Å². The van der Waals surface area contributed by atoms with Crippen LogP contribution in [0.15, 0.2) is 73.3 Å². The van der Waals surface area contributed by atoms with Crippen LogP contribution in [-0.4, -0.2) is 169 Å². The molecule has 28 nitrogen and oxygen atoms in total. The Kier molecular flexibility index (Phi) is 23.5. The van der Waals surface area contributed by atoms with Crippen molar-refractivity contribution in [1.82, 2.24) is 67.7 Å². The lowest BCUT2D eigenvalue weighted by molar-refractivity contribution is -0.138. The van der Waals surface area contributed by atoms with E-state index in [1.54, 1.807) is 54.7 Å². The molecular weight excluding hydrogens is 1100 g/mol. The SMILES string of the molecule is CCCC[C@@H]1NC(=O)N(CC(=O)N[C@H]2CSSC[C@@H](C(N)=O)NC(=O)[C@H](Cc3c[nH]c4ccccc34)NC(=O)[C@H](CCCNC(=N)N)NC(=O)[C@@H](Cc3ccccc3)NC(=O)[C@H](Cc3cnc[nH]3)NC(=O)[C@H](CCC(=O)O)NC2=O)C1=O. The van der Waals surface area contributed by atoms with Gasteiger partial charge in [-0.3, -0.25) is 58.3 Å². The monoisotopic (exact) mass is 1170 g/mol. The Hall–Kier alpha value is -8.67. The number of rotatable bonds is 20. The number of imidazole rings is 1. The predicted molar refractivity (Wildman–Crippen MR) is 302 cm³/mol. The number of aromatic nitrogens is 3. The number of imide groups is 1. The maximum Gasteiger partial charge on any atom is 0.325 e.